The third kappa shape index (κ3) is 23.6. The fraction of sp³-hybridized carbons (Fsp3) is 0. The molecule has 0 aromatic carbocycles. The van der Waals surface area contributed by atoms with Gasteiger partial charge in [-0.25, -0.2) is 0 Å². The Bertz CT molecular complexity index is 67.5. The molecule has 0 fully saturated rings. The summed E-state index contributed by atoms with van der Waals surface area (Å²) in [5.74, 6) is 0. The van der Waals surface area contributed by atoms with Crippen LogP contribution in [-0.2, 0) is 29.3 Å². The van der Waals surface area contributed by atoms with E-state index < -0.39 is 19.7 Å². The van der Waals surface area contributed by atoms with Crippen molar-refractivity contribution in [1.82, 2.24) is 7.60 Å². The number of carbonyl (C=O) groups is 2. The van der Waals surface area contributed by atoms with Crippen LogP contribution in [0.5, 0.6) is 0 Å². The molecule has 2 N–H and O–H groups in total. The summed E-state index contributed by atoms with van der Waals surface area (Å²) in [6.45, 7) is 0. The Labute approximate surface area is 86.7 Å². The molecule has 0 aliphatic carbocycles. The zero-order chi connectivity index (χ0) is 5.54. The predicted molar refractivity (Wildman–Crippen MR) is 18.4 cm³/mol. The van der Waals surface area contributed by atoms with Crippen molar-refractivity contribution in [2.24, 2.45) is 0 Å². The van der Waals surface area contributed by atoms with E-state index in [-0.39, 0.29) is 37.2 Å². The Hall–Kier alpha value is 0.524. The Morgan fingerprint density at radius 3 is 1.40 bits per heavy atom. The van der Waals surface area contributed by atoms with E-state index in [1.807, 2.05) is 0 Å². The van der Waals surface area contributed by atoms with Gasteiger partial charge in [0.1, 0.15) is 0 Å². The van der Waals surface area contributed by atoms with Crippen LogP contribution in [0.3, 0.4) is 0 Å². The first-order valence-electron chi connectivity index (χ1n) is 1.55. The maximum absolute atomic E-state index is 9.44. The van der Waals surface area contributed by atoms with Crippen molar-refractivity contribution < 1.29 is 66.5 Å². The Morgan fingerprint density at radius 1 is 0.900 bits per heavy atom. The van der Waals surface area contributed by atoms with Crippen LogP contribution < -0.4 is 44.8 Å². The van der Waals surface area contributed by atoms with Gasteiger partial charge in [-0.15, -0.1) is 0 Å². The fourth-order valence-corrected chi connectivity index (χ4v) is 0.415. The van der Waals surface area contributed by atoms with E-state index in [0.29, 0.717) is 12.8 Å². The summed E-state index contributed by atoms with van der Waals surface area (Å²) < 4.78 is 4.70. The van der Waals surface area contributed by atoms with Crippen molar-refractivity contribution in [3.05, 3.63) is 0 Å². The van der Waals surface area contributed by atoms with E-state index in [1.165, 1.54) is 0 Å². The molecule has 0 atom stereocenters. The Kier molecular flexibility index (Phi) is 50.9. The largest absolute Gasteiger partial charge is 1.00 e. The quantitative estimate of drug-likeness (QED) is 0.292. The molecule has 0 spiro atoms. The van der Waals surface area contributed by atoms with Gasteiger partial charge in [0.15, 0.2) is 0 Å². The summed E-state index contributed by atoms with van der Waals surface area (Å²) in [7, 11) is 0. The van der Waals surface area contributed by atoms with Crippen LogP contribution >= 0.6 is 0 Å². The molecule has 0 aliphatic rings. The molecule has 0 rings (SSSR count). The summed E-state index contributed by atoms with van der Waals surface area (Å²) in [6.07, 6.45) is 1.13. The fourth-order valence-electron chi connectivity index (χ4n) is 0.101. The summed E-state index contributed by atoms with van der Waals surface area (Å²) in [5.41, 5.74) is 0. The van der Waals surface area contributed by atoms with Gasteiger partial charge in [0, 0.05) is 0 Å². The molecule has 10 heavy (non-hydrogen) atoms. The van der Waals surface area contributed by atoms with Crippen molar-refractivity contribution in [3.63, 3.8) is 0 Å². The third-order valence-electron chi connectivity index (χ3n) is 0.262. The Balaban J connectivity index is -0.0000000600. The minimum Gasteiger partial charge on any atom is -1.00 e. The zero-order valence-electron chi connectivity index (χ0n) is 4.61. The van der Waals surface area contributed by atoms with Crippen LogP contribution in [0.1, 0.15) is 0 Å². The number of nitrogens with one attached hydrogen (secondary N) is 2. The first-order valence-corrected chi connectivity index (χ1v) is 3.11. The van der Waals surface area contributed by atoms with Crippen LogP contribution in [0.4, 0.5) is 0 Å². The molecule has 0 saturated heterocycles. The van der Waals surface area contributed by atoms with Crippen molar-refractivity contribution in [2.45, 2.75) is 0 Å². The average molecular weight is 242 g/mol. The maximum Gasteiger partial charge on any atom is -1.00 e. The topological polar surface area (TPSA) is 58.2 Å². The van der Waals surface area contributed by atoms with Crippen LogP contribution in [0.15, 0.2) is 0 Å². The SMILES string of the molecule is O=C[NH][Ti+3][NH]C=O.[Cl-].[Cl-].[Cl-]. The minimum atomic E-state index is -0.722. The predicted octanol–water partition coefficient (Wildman–Crippen LogP) is -10.6. The number of amides is 2. The summed E-state index contributed by atoms with van der Waals surface area (Å²) in [5, 5.41) is 0. The van der Waals surface area contributed by atoms with Gasteiger partial charge in [0.25, 0.3) is 0 Å². The molecule has 0 unspecified atom stereocenters. The van der Waals surface area contributed by atoms with E-state index >= 15 is 0 Å². The maximum atomic E-state index is 9.44. The molecule has 8 heteroatoms. The van der Waals surface area contributed by atoms with Crippen molar-refractivity contribution in [1.29, 1.82) is 0 Å². The summed E-state index contributed by atoms with van der Waals surface area (Å²) >= 11 is -0.722. The van der Waals surface area contributed by atoms with Crippen LogP contribution in [-0.4, -0.2) is 12.8 Å². The van der Waals surface area contributed by atoms with Gasteiger partial charge < -0.3 is 37.2 Å². The number of hydrogen-bond acceptors (Lipinski definition) is 2. The molecule has 0 aromatic heterocycles. The van der Waals surface area contributed by atoms with Gasteiger partial charge in [-0.2, -0.15) is 0 Å². The van der Waals surface area contributed by atoms with Crippen molar-refractivity contribution >= 4 is 12.8 Å². The van der Waals surface area contributed by atoms with Gasteiger partial charge >= 0.3 is 49.7 Å². The second kappa shape index (κ2) is 22.7. The number of halogens is 3. The zero-order valence-corrected chi connectivity index (χ0v) is 8.43. The van der Waals surface area contributed by atoms with Crippen LogP contribution in [0.25, 0.3) is 0 Å². The molecule has 2 amide bonds. The molecule has 59 valence electrons. The molecular formula is C2H4Cl3N2O2Ti. The van der Waals surface area contributed by atoms with Gasteiger partial charge in [0.05, 0.1) is 0 Å². The normalized spacial score (nSPS) is 4.00. The molecule has 0 bridgehead atoms. The minimum absolute atomic E-state index is 0. The Morgan fingerprint density at radius 2 is 1.20 bits per heavy atom. The van der Waals surface area contributed by atoms with E-state index in [9.17, 15) is 9.59 Å². The molecule has 0 saturated carbocycles. The second-order valence-corrected chi connectivity index (χ2v) is 1.94. The number of carbonyl (C=O) groups excluding carboxylic acids is 2. The average Bonchev–Trinajstić information content (AvgIpc) is 1.69. The van der Waals surface area contributed by atoms with Gasteiger partial charge in [0.2, 0.25) is 0 Å². The summed E-state index contributed by atoms with van der Waals surface area (Å²) in [4.78, 5) is 18.9. The molecule has 0 aromatic rings. The third-order valence-corrected chi connectivity index (χ3v) is 1.08. The second-order valence-electron chi connectivity index (χ2n) is 0.649. The standard InChI is InChI=1S/2CH3NO.3ClH.Ti/c2*2-1-3;;;;/h2*1H,(H2,2,3);3*1H;/q;;;;;+5/p-5. The monoisotopic (exact) mass is 241 g/mol. The van der Waals surface area contributed by atoms with E-state index in [1.54, 1.807) is 0 Å². The molecule has 0 heterocycles. The molecule has 0 aliphatic heterocycles. The van der Waals surface area contributed by atoms with Gasteiger partial charge in [-0.3, -0.25) is 0 Å². The van der Waals surface area contributed by atoms with E-state index in [0.717, 1.165) is 0 Å². The van der Waals surface area contributed by atoms with Crippen LogP contribution in [0, 0.1) is 0 Å². The van der Waals surface area contributed by atoms with Crippen molar-refractivity contribution in [3.8, 4) is 0 Å². The number of rotatable bonds is 4. The number of hydrogen-bond donors (Lipinski definition) is 2. The van der Waals surface area contributed by atoms with Crippen molar-refractivity contribution in [2.75, 3.05) is 0 Å². The first kappa shape index (κ1) is 22.4. The first-order chi connectivity index (χ1) is 3.41. The van der Waals surface area contributed by atoms with Gasteiger partial charge in [-0.05, 0) is 0 Å². The smallest absolute Gasteiger partial charge is 1.00 e. The molecule has 4 nitrogen and oxygen atoms in total. The molecule has 0 radical (unpaired) electrons. The van der Waals surface area contributed by atoms with E-state index in [2.05, 4.69) is 7.60 Å². The molecular weight excluding hydrogens is 238 g/mol. The van der Waals surface area contributed by atoms with Gasteiger partial charge in [-0.1, -0.05) is 0 Å². The summed E-state index contributed by atoms with van der Waals surface area (Å²) in [6, 6.07) is 0. The van der Waals surface area contributed by atoms with Crippen LogP contribution in [0.2, 0.25) is 0 Å². The van der Waals surface area contributed by atoms with E-state index in [4.69, 9.17) is 0 Å².